The van der Waals surface area contributed by atoms with Crippen molar-refractivity contribution in [3.05, 3.63) is 35.6 Å². The molecular weight excluding hydrogens is 361 g/mol. The molecule has 0 atom stereocenters. The highest BCUT2D eigenvalue weighted by Crippen LogP contribution is 2.29. The van der Waals surface area contributed by atoms with Crippen LogP contribution in [0.3, 0.4) is 0 Å². The van der Waals surface area contributed by atoms with Gasteiger partial charge in [0.1, 0.15) is 5.82 Å². The van der Waals surface area contributed by atoms with Gasteiger partial charge in [-0.25, -0.2) is 4.39 Å². The van der Waals surface area contributed by atoms with Gasteiger partial charge in [0, 0.05) is 25.8 Å². The van der Waals surface area contributed by atoms with Gasteiger partial charge in [0.2, 0.25) is 5.91 Å². The molecule has 1 saturated heterocycles. The van der Waals surface area contributed by atoms with Crippen molar-refractivity contribution in [1.29, 1.82) is 0 Å². The summed E-state index contributed by atoms with van der Waals surface area (Å²) in [5.41, 5.74) is -0.178. The summed E-state index contributed by atoms with van der Waals surface area (Å²) >= 11 is 0. The highest BCUT2D eigenvalue weighted by atomic mass is 35.5. The Balaban J connectivity index is 0.00000338. The van der Waals surface area contributed by atoms with E-state index in [1.807, 2.05) is 0 Å². The van der Waals surface area contributed by atoms with E-state index in [1.54, 1.807) is 13.2 Å². The van der Waals surface area contributed by atoms with Crippen LogP contribution in [0, 0.1) is 11.2 Å². The molecule has 3 N–H and O–H groups in total. The molecule has 1 aromatic rings. The fourth-order valence-corrected chi connectivity index (χ4v) is 3.03. The molecule has 6 nitrogen and oxygen atoms in total. The molecule has 1 heterocycles. The van der Waals surface area contributed by atoms with Gasteiger partial charge in [-0.15, -0.1) is 12.4 Å². The minimum absolute atomic E-state index is 0. The topological polar surface area (TPSA) is 79.5 Å². The summed E-state index contributed by atoms with van der Waals surface area (Å²) in [5, 5.41) is 8.92. The summed E-state index contributed by atoms with van der Waals surface area (Å²) in [4.78, 5) is 24.4. The molecule has 146 valence electrons. The van der Waals surface area contributed by atoms with Crippen molar-refractivity contribution in [3.8, 4) is 0 Å². The lowest BCUT2D eigenvalue weighted by Crippen LogP contribution is -2.50. The summed E-state index contributed by atoms with van der Waals surface area (Å²) < 4.78 is 18.3. The van der Waals surface area contributed by atoms with Crippen LogP contribution in [0.5, 0.6) is 0 Å². The van der Waals surface area contributed by atoms with Crippen LogP contribution in [0.2, 0.25) is 0 Å². The SMILES string of the molecule is COCC1(C(=O)NCCCNC(=O)c2cccc(F)c2)CCNCC1.Cl. The molecular formula is C18H27ClFN3O3. The van der Waals surface area contributed by atoms with Crippen molar-refractivity contribution >= 4 is 24.2 Å². The Morgan fingerprint density at radius 1 is 1.23 bits per heavy atom. The number of hydrogen-bond acceptors (Lipinski definition) is 4. The lowest BCUT2D eigenvalue weighted by atomic mass is 9.78. The third kappa shape index (κ3) is 6.23. The maximum absolute atomic E-state index is 13.1. The number of rotatable bonds is 8. The Morgan fingerprint density at radius 3 is 2.58 bits per heavy atom. The molecule has 1 aromatic carbocycles. The molecule has 0 aromatic heterocycles. The van der Waals surface area contributed by atoms with Gasteiger partial charge >= 0.3 is 0 Å². The molecule has 2 amide bonds. The number of ether oxygens (including phenoxy) is 1. The molecule has 0 aliphatic carbocycles. The number of piperidine rings is 1. The summed E-state index contributed by atoms with van der Waals surface area (Å²) in [7, 11) is 1.61. The molecule has 0 bridgehead atoms. The van der Waals surface area contributed by atoms with Gasteiger partial charge in [0.05, 0.1) is 12.0 Å². The third-order valence-corrected chi connectivity index (χ3v) is 4.47. The van der Waals surface area contributed by atoms with Crippen molar-refractivity contribution in [1.82, 2.24) is 16.0 Å². The van der Waals surface area contributed by atoms with E-state index >= 15 is 0 Å². The third-order valence-electron chi connectivity index (χ3n) is 4.47. The molecule has 26 heavy (non-hydrogen) atoms. The first kappa shape index (κ1) is 22.3. The predicted molar refractivity (Wildman–Crippen MR) is 100 cm³/mol. The van der Waals surface area contributed by atoms with Crippen LogP contribution in [-0.4, -0.2) is 51.7 Å². The Bertz CT molecular complexity index is 589. The summed E-state index contributed by atoms with van der Waals surface area (Å²) in [6.45, 7) is 2.91. The zero-order valence-electron chi connectivity index (χ0n) is 15.0. The fourth-order valence-electron chi connectivity index (χ4n) is 3.03. The van der Waals surface area contributed by atoms with Gasteiger partial charge in [-0.1, -0.05) is 6.07 Å². The van der Waals surface area contributed by atoms with Gasteiger partial charge in [-0.05, 0) is 50.6 Å². The number of halogens is 2. The predicted octanol–water partition coefficient (Wildman–Crippen LogP) is 1.50. The summed E-state index contributed by atoms with van der Waals surface area (Å²) in [5.74, 6) is -0.752. The average Bonchev–Trinajstić information content (AvgIpc) is 2.62. The standard InChI is InChI=1S/C18H26FN3O3.ClH/c1-25-13-18(6-10-20-11-7-18)17(24)22-9-3-8-21-16(23)14-4-2-5-15(19)12-14;/h2,4-5,12,20H,3,6-11,13H2,1H3,(H,21,23)(H,22,24);1H. The quantitative estimate of drug-likeness (QED) is 0.591. The number of amides is 2. The molecule has 2 rings (SSSR count). The van der Waals surface area contributed by atoms with Crippen molar-refractivity contribution in [2.45, 2.75) is 19.3 Å². The van der Waals surface area contributed by atoms with E-state index in [-0.39, 0.29) is 29.8 Å². The van der Waals surface area contributed by atoms with Gasteiger partial charge < -0.3 is 20.7 Å². The van der Waals surface area contributed by atoms with Crippen LogP contribution >= 0.6 is 12.4 Å². The van der Waals surface area contributed by atoms with Crippen molar-refractivity contribution in [2.24, 2.45) is 5.41 Å². The normalized spacial score (nSPS) is 15.6. The highest BCUT2D eigenvalue weighted by Gasteiger charge is 2.39. The molecule has 0 saturated carbocycles. The lowest BCUT2D eigenvalue weighted by Gasteiger charge is -2.35. The number of carbonyl (C=O) groups is 2. The minimum atomic E-state index is -0.467. The monoisotopic (exact) mass is 387 g/mol. The maximum Gasteiger partial charge on any atom is 0.251 e. The Hall–Kier alpha value is -1.70. The zero-order valence-corrected chi connectivity index (χ0v) is 15.8. The van der Waals surface area contributed by atoms with E-state index in [0.29, 0.717) is 26.1 Å². The first-order valence-electron chi connectivity index (χ1n) is 8.59. The van der Waals surface area contributed by atoms with E-state index < -0.39 is 11.2 Å². The van der Waals surface area contributed by atoms with Gasteiger partial charge in [-0.2, -0.15) is 0 Å². The van der Waals surface area contributed by atoms with E-state index in [9.17, 15) is 14.0 Å². The van der Waals surface area contributed by atoms with Crippen LogP contribution < -0.4 is 16.0 Å². The van der Waals surface area contributed by atoms with Gasteiger partial charge in [0.15, 0.2) is 0 Å². The molecule has 0 radical (unpaired) electrons. The first-order valence-corrected chi connectivity index (χ1v) is 8.59. The van der Waals surface area contributed by atoms with E-state index in [0.717, 1.165) is 25.9 Å². The summed E-state index contributed by atoms with van der Waals surface area (Å²) in [6.07, 6.45) is 2.11. The fraction of sp³-hybridized carbons (Fsp3) is 0.556. The molecule has 1 aliphatic heterocycles. The van der Waals surface area contributed by atoms with Crippen molar-refractivity contribution < 1.29 is 18.7 Å². The van der Waals surface area contributed by atoms with E-state index in [4.69, 9.17) is 4.74 Å². The van der Waals surface area contributed by atoms with Crippen LogP contribution in [0.15, 0.2) is 24.3 Å². The van der Waals surface area contributed by atoms with E-state index in [1.165, 1.54) is 18.2 Å². The molecule has 0 spiro atoms. The van der Waals surface area contributed by atoms with Crippen molar-refractivity contribution in [2.75, 3.05) is 39.9 Å². The second-order valence-corrected chi connectivity index (χ2v) is 6.34. The lowest BCUT2D eigenvalue weighted by molar-refractivity contribution is -0.136. The average molecular weight is 388 g/mol. The number of hydrogen-bond donors (Lipinski definition) is 3. The molecule has 1 aliphatic rings. The Labute approximate surface area is 159 Å². The number of methoxy groups -OCH3 is 1. The molecule has 8 heteroatoms. The number of nitrogens with one attached hydrogen (secondary N) is 3. The molecule has 1 fully saturated rings. The highest BCUT2D eigenvalue weighted by molar-refractivity contribution is 5.94. The van der Waals surface area contributed by atoms with Crippen LogP contribution in [0.1, 0.15) is 29.6 Å². The minimum Gasteiger partial charge on any atom is -0.384 e. The second-order valence-electron chi connectivity index (χ2n) is 6.34. The summed E-state index contributed by atoms with van der Waals surface area (Å²) in [6, 6.07) is 5.55. The number of carbonyl (C=O) groups excluding carboxylic acids is 2. The zero-order chi connectivity index (χ0) is 18.1. The Morgan fingerprint density at radius 2 is 1.92 bits per heavy atom. The van der Waals surface area contributed by atoms with Gasteiger partial charge in [0.25, 0.3) is 5.91 Å². The van der Waals surface area contributed by atoms with E-state index in [2.05, 4.69) is 16.0 Å². The van der Waals surface area contributed by atoms with Crippen LogP contribution in [0.25, 0.3) is 0 Å². The second kappa shape index (κ2) is 11.1. The number of benzene rings is 1. The molecule has 0 unspecified atom stereocenters. The smallest absolute Gasteiger partial charge is 0.251 e. The largest absolute Gasteiger partial charge is 0.384 e. The van der Waals surface area contributed by atoms with Crippen molar-refractivity contribution in [3.63, 3.8) is 0 Å². The van der Waals surface area contributed by atoms with Crippen LogP contribution in [0.4, 0.5) is 4.39 Å². The maximum atomic E-state index is 13.1. The van der Waals surface area contributed by atoms with Gasteiger partial charge in [-0.3, -0.25) is 9.59 Å². The first-order chi connectivity index (χ1) is 12.1. The van der Waals surface area contributed by atoms with Crippen LogP contribution in [-0.2, 0) is 9.53 Å². The Kier molecular flexibility index (Phi) is 9.54.